The number of aromatic nitrogens is 1. The van der Waals surface area contributed by atoms with E-state index in [0.717, 1.165) is 6.42 Å². The topological polar surface area (TPSA) is 95.0 Å². The van der Waals surface area contributed by atoms with E-state index < -0.39 is 6.10 Å². The van der Waals surface area contributed by atoms with Crippen LogP contribution in [0, 0.1) is 18.3 Å². The average Bonchev–Trinajstić information content (AvgIpc) is 2.35. The summed E-state index contributed by atoms with van der Waals surface area (Å²) in [5.41, 5.74) is 7.22. The van der Waals surface area contributed by atoms with Crippen LogP contribution in [0.15, 0.2) is 6.07 Å². The molecule has 0 amide bonds. The zero-order valence-corrected chi connectivity index (χ0v) is 11.1. The van der Waals surface area contributed by atoms with Crippen LogP contribution in [0.4, 0.5) is 5.82 Å². The van der Waals surface area contributed by atoms with Gasteiger partial charge in [-0.1, -0.05) is 6.92 Å². The molecule has 0 saturated heterocycles. The van der Waals surface area contributed by atoms with Gasteiger partial charge in [0, 0.05) is 23.8 Å². The van der Waals surface area contributed by atoms with Crippen molar-refractivity contribution in [2.45, 2.75) is 39.3 Å². The van der Waals surface area contributed by atoms with E-state index in [0.29, 0.717) is 29.4 Å². The zero-order chi connectivity index (χ0) is 13.7. The summed E-state index contributed by atoms with van der Waals surface area (Å²) in [5.74, 6) is 0.209. The molecule has 0 radical (unpaired) electrons. The Balaban J connectivity index is 2.86. The number of aliphatic hydroxyl groups is 1. The van der Waals surface area contributed by atoms with E-state index >= 15 is 0 Å². The van der Waals surface area contributed by atoms with Crippen LogP contribution in [0.3, 0.4) is 0 Å². The lowest BCUT2D eigenvalue weighted by Gasteiger charge is -2.17. The van der Waals surface area contributed by atoms with Crippen molar-refractivity contribution in [3.63, 3.8) is 0 Å². The minimum Gasteiger partial charge on any atom is -0.387 e. The van der Waals surface area contributed by atoms with Crippen LogP contribution >= 0.6 is 0 Å². The Morgan fingerprint density at radius 1 is 1.61 bits per heavy atom. The predicted octanol–water partition coefficient (Wildman–Crippen LogP) is 1.27. The van der Waals surface area contributed by atoms with Crippen LogP contribution < -0.4 is 11.1 Å². The molecule has 0 aliphatic rings. The molecule has 0 fully saturated rings. The van der Waals surface area contributed by atoms with Gasteiger partial charge >= 0.3 is 0 Å². The summed E-state index contributed by atoms with van der Waals surface area (Å²) in [6.07, 6.45) is 0.314. The molecule has 0 aromatic carbocycles. The molecular weight excluding hydrogens is 228 g/mol. The average molecular weight is 248 g/mol. The lowest BCUT2D eigenvalue weighted by molar-refractivity contribution is 0.169. The molecule has 2 unspecified atom stereocenters. The summed E-state index contributed by atoms with van der Waals surface area (Å²) in [7, 11) is 0. The number of anilines is 1. The van der Waals surface area contributed by atoms with Gasteiger partial charge in [0.05, 0.1) is 11.7 Å². The number of nitrogen functional groups attached to an aromatic ring is 1. The molecule has 4 N–H and O–H groups in total. The summed E-state index contributed by atoms with van der Waals surface area (Å²) in [4.78, 5) is 4.08. The third kappa shape index (κ3) is 3.42. The predicted molar refractivity (Wildman–Crippen MR) is 70.8 cm³/mol. The standard InChI is InChI=1S/C13H20N4O/c1-4-8(2)16-7-12(18)11-5-10(6-14)13(15)17-9(11)3/h5,8,12,16,18H,4,7H2,1-3H3,(H2,15,17). The van der Waals surface area contributed by atoms with Gasteiger partial charge in [0.15, 0.2) is 0 Å². The number of aryl methyl sites for hydroxylation is 1. The minimum absolute atomic E-state index is 0.209. The highest BCUT2D eigenvalue weighted by Gasteiger charge is 2.15. The van der Waals surface area contributed by atoms with Gasteiger partial charge in [-0.3, -0.25) is 0 Å². The number of rotatable bonds is 5. The van der Waals surface area contributed by atoms with Crippen molar-refractivity contribution in [2.75, 3.05) is 12.3 Å². The molecule has 2 atom stereocenters. The van der Waals surface area contributed by atoms with Crippen molar-refractivity contribution >= 4 is 5.82 Å². The van der Waals surface area contributed by atoms with Gasteiger partial charge in [0.25, 0.3) is 0 Å². The maximum Gasteiger partial charge on any atom is 0.141 e. The van der Waals surface area contributed by atoms with E-state index in [1.165, 1.54) is 0 Å². The number of hydrogen-bond acceptors (Lipinski definition) is 5. The maximum absolute atomic E-state index is 10.1. The summed E-state index contributed by atoms with van der Waals surface area (Å²) >= 11 is 0. The van der Waals surface area contributed by atoms with Crippen molar-refractivity contribution in [3.05, 3.63) is 22.9 Å². The van der Waals surface area contributed by atoms with Gasteiger partial charge in [-0.2, -0.15) is 5.26 Å². The molecule has 18 heavy (non-hydrogen) atoms. The van der Waals surface area contributed by atoms with Crippen LogP contribution in [0.25, 0.3) is 0 Å². The first kappa shape index (κ1) is 14.4. The molecular formula is C13H20N4O. The summed E-state index contributed by atoms with van der Waals surface area (Å²) < 4.78 is 0. The number of pyridine rings is 1. The minimum atomic E-state index is -0.681. The third-order valence-electron chi connectivity index (χ3n) is 3.03. The molecule has 1 aromatic heterocycles. The first-order valence-corrected chi connectivity index (χ1v) is 6.08. The molecule has 0 aliphatic heterocycles. The van der Waals surface area contributed by atoms with E-state index in [-0.39, 0.29) is 5.82 Å². The highest BCUT2D eigenvalue weighted by Crippen LogP contribution is 2.20. The fourth-order valence-electron chi connectivity index (χ4n) is 1.63. The molecule has 1 rings (SSSR count). The molecule has 5 heteroatoms. The number of hydrogen-bond donors (Lipinski definition) is 3. The van der Waals surface area contributed by atoms with Gasteiger partial charge in [-0.05, 0) is 26.3 Å². The fourth-order valence-corrected chi connectivity index (χ4v) is 1.63. The highest BCUT2D eigenvalue weighted by atomic mass is 16.3. The second-order valence-corrected chi connectivity index (χ2v) is 4.44. The number of nitrogens with two attached hydrogens (primary N) is 1. The maximum atomic E-state index is 10.1. The van der Waals surface area contributed by atoms with Gasteiger partial charge in [-0.25, -0.2) is 4.98 Å². The normalized spacial score (nSPS) is 13.9. The SMILES string of the molecule is CCC(C)NCC(O)c1cc(C#N)c(N)nc1C. The Bertz CT molecular complexity index is 453. The Hall–Kier alpha value is -1.64. The van der Waals surface area contributed by atoms with Gasteiger partial charge in [0.1, 0.15) is 11.9 Å². The van der Waals surface area contributed by atoms with E-state index in [4.69, 9.17) is 11.0 Å². The van der Waals surface area contributed by atoms with Crippen LogP contribution in [0.2, 0.25) is 0 Å². The molecule has 0 saturated carbocycles. The van der Waals surface area contributed by atoms with E-state index in [1.54, 1.807) is 13.0 Å². The first-order chi connectivity index (χ1) is 8.49. The van der Waals surface area contributed by atoms with Crippen molar-refractivity contribution in [3.8, 4) is 6.07 Å². The first-order valence-electron chi connectivity index (χ1n) is 6.08. The van der Waals surface area contributed by atoms with Crippen molar-refractivity contribution in [1.29, 1.82) is 5.26 Å². The molecule has 0 aliphatic carbocycles. The summed E-state index contributed by atoms with van der Waals surface area (Å²) in [6.45, 7) is 6.35. The van der Waals surface area contributed by atoms with Crippen LogP contribution in [-0.2, 0) is 0 Å². The number of nitrogens with zero attached hydrogens (tertiary/aromatic N) is 2. The number of aliphatic hydroxyl groups excluding tert-OH is 1. The quantitative estimate of drug-likeness (QED) is 0.729. The Labute approximate surface area is 108 Å². The molecule has 1 heterocycles. The Morgan fingerprint density at radius 3 is 2.83 bits per heavy atom. The van der Waals surface area contributed by atoms with Crippen molar-refractivity contribution in [1.82, 2.24) is 10.3 Å². The summed E-state index contributed by atoms with van der Waals surface area (Å²) in [6, 6.07) is 3.93. The lowest BCUT2D eigenvalue weighted by atomic mass is 10.0. The summed E-state index contributed by atoms with van der Waals surface area (Å²) in [5, 5.41) is 22.2. The molecule has 0 spiro atoms. The third-order valence-corrected chi connectivity index (χ3v) is 3.03. The van der Waals surface area contributed by atoms with Crippen LogP contribution in [0.5, 0.6) is 0 Å². The monoisotopic (exact) mass is 248 g/mol. The Kier molecular flexibility index (Phi) is 5.08. The van der Waals surface area contributed by atoms with E-state index in [9.17, 15) is 5.11 Å². The van der Waals surface area contributed by atoms with Crippen molar-refractivity contribution in [2.24, 2.45) is 0 Å². The highest BCUT2D eigenvalue weighted by molar-refractivity contribution is 5.51. The molecule has 0 bridgehead atoms. The van der Waals surface area contributed by atoms with Crippen LogP contribution in [0.1, 0.15) is 43.2 Å². The Morgan fingerprint density at radius 2 is 2.28 bits per heavy atom. The number of nitriles is 1. The van der Waals surface area contributed by atoms with Gasteiger partial charge in [0.2, 0.25) is 0 Å². The number of nitrogens with one attached hydrogen (secondary N) is 1. The van der Waals surface area contributed by atoms with Crippen molar-refractivity contribution < 1.29 is 5.11 Å². The molecule has 98 valence electrons. The lowest BCUT2D eigenvalue weighted by Crippen LogP contribution is -2.30. The second-order valence-electron chi connectivity index (χ2n) is 4.44. The molecule has 1 aromatic rings. The van der Waals surface area contributed by atoms with Crippen LogP contribution in [-0.4, -0.2) is 22.7 Å². The van der Waals surface area contributed by atoms with E-state index in [2.05, 4.69) is 24.1 Å². The second kappa shape index (κ2) is 6.34. The zero-order valence-electron chi connectivity index (χ0n) is 11.1. The molecule has 5 nitrogen and oxygen atoms in total. The van der Waals surface area contributed by atoms with Gasteiger partial charge in [-0.15, -0.1) is 0 Å². The largest absolute Gasteiger partial charge is 0.387 e. The smallest absolute Gasteiger partial charge is 0.141 e. The van der Waals surface area contributed by atoms with E-state index in [1.807, 2.05) is 6.07 Å². The fraction of sp³-hybridized carbons (Fsp3) is 0.538. The van der Waals surface area contributed by atoms with Gasteiger partial charge < -0.3 is 16.2 Å².